The molecule has 1 aromatic heterocycles. The Morgan fingerprint density at radius 1 is 1.30 bits per heavy atom. The number of likely N-dealkylation sites (tertiary alicyclic amines) is 1. The maximum Gasteiger partial charge on any atom is 0.226 e. The molecule has 0 radical (unpaired) electrons. The molecular weight excluding hydrogens is 333 g/mol. The molecule has 2 aromatic rings. The molecule has 4 nitrogen and oxygen atoms in total. The molecule has 23 heavy (non-hydrogen) atoms. The van der Waals surface area contributed by atoms with Crippen LogP contribution in [0.2, 0.25) is 5.02 Å². The molecule has 2 N–H and O–H groups in total. The molecule has 1 aliphatic heterocycles. The highest BCUT2D eigenvalue weighted by molar-refractivity contribution is 6.30. The SMILES string of the molecule is Cl.NC1CCC2CN(Cc3coc(-c4cccc(Cl)c4)n3)CC12. The third-order valence-corrected chi connectivity index (χ3v) is 5.23. The third kappa shape index (κ3) is 3.41. The van der Waals surface area contributed by atoms with E-state index in [1.807, 2.05) is 24.3 Å². The molecule has 1 aliphatic carbocycles. The Bertz CT molecular complexity index is 675. The first-order valence-electron chi connectivity index (χ1n) is 7.87. The Kier molecular flexibility index (Phi) is 4.97. The van der Waals surface area contributed by atoms with E-state index < -0.39 is 0 Å². The largest absolute Gasteiger partial charge is 0.444 e. The number of aromatic nitrogens is 1. The van der Waals surface area contributed by atoms with Gasteiger partial charge in [-0.05, 0) is 42.9 Å². The molecule has 3 unspecified atom stereocenters. The molecule has 2 heterocycles. The van der Waals surface area contributed by atoms with Gasteiger partial charge in [-0.1, -0.05) is 17.7 Å². The summed E-state index contributed by atoms with van der Waals surface area (Å²) in [5, 5.41) is 0.693. The lowest BCUT2D eigenvalue weighted by atomic mass is 9.98. The summed E-state index contributed by atoms with van der Waals surface area (Å²) in [7, 11) is 0. The minimum Gasteiger partial charge on any atom is -0.444 e. The summed E-state index contributed by atoms with van der Waals surface area (Å²) in [4.78, 5) is 7.05. The quantitative estimate of drug-likeness (QED) is 0.915. The number of nitrogens with zero attached hydrogens (tertiary/aromatic N) is 2. The Hall–Kier alpha value is -1.07. The van der Waals surface area contributed by atoms with Gasteiger partial charge in [0.2, 0.25) is 5.89 Å². The van der Waals surface area contributed by atoms with Crippen molar-refractivity contribution in [1.82, 2.24) is 9.88 Å². The molecular formula is C17H21Cl2N3O. The van der Waals surface area contributed by atoms with Crippen molar-refractivity contribution in [2.75, 3.05) is 13.1 Å². The summed E-state index contributed by atoms with van der Waals surface area (Å²) in [6, 6.07) is 7.97. The lowest BCUT2D eigenvalue weighted by Crippen LogP contribution is -2.30. The average Bonchev–Trinajstić information content (AvgIpc) is 3.18. The Balaban J connectivity index is 0.00000156. The molecule has 6 heteroatoms. The normalized spacial score (nSPS) is 27.0. The van der Waals surface area contributed by atoms with Gasteiger partial charge < -0.3 is 10.2 Å². The number of oxazole rings is 1. The fraction of sp³-hybridized carbons (Fsp3) is 0.471. The first kappa shape index (κ1) is 16.8. The van der Waals surface area contributed by atoms with E-state index in [0.29, 0.717) is 22.9 Å². The van der Waals surface area contributed by atoms with Crippen LogP contribution >= 0.6 is 24.0 Å². The van der Waals surface area contributed by atoms with Crippen molar-refractivity contribution in [3.05, 3.63) is 41.2 Å². The van der Waals surface area contributed by atoms with Crippen LogP contribution in [0.4, 0.5) is 0 Å². The molecule has 2 aliphatic rings. The highest BCUT2D eigenvalue weighted by Crippen LogP contribution is 2.37. The highest BCUT2D eigenvalue weighted by Gasteiger charge is 2.40. The molecule has 2 fully saturated rings. The van der Waals surface area contributed by atoms with Crippen LogP contribution in [0.1, 0.15) is 18.5 Å². The molecule has 1 saturated carbocycles. The standard InChI is InChI=1S/C17H20ClN3O.ClH/c18-13-3-1-2-11(6-13)17-20-14(10-22-17)8-21-7-12-4-5-16(19)15(12)9-21;/h1-3,6,10,12,15-16H,4-5,7-9,19H2;1H. The first-order valence-corrected chi connectivity index (χ1v) is 8.25. The lowest BCUT2D eigenvalue weighted by molar-refractivity contribution is 0.294. The van der Waals surface area contributed by atoms with Crippen LogP contribution in [-0.2, 0) is 6.54 Å². The van der Waals surface area contributed by atoms with Crippen LogP contribution in [0.5, 0.6) is 0 Å². The van der Waals surface area contributed by atoms with Crippen molar-refractivity contribution in [3.63, 3.8) is 0 Å². The maximum atomic E-state index is 6.20. The van der Waals surface area contributed by atoms with Crippen LogP contribution in [0, 0.1) is 11.8 Å². The van der Waals surface area contributed by atoms with Crippen molar-refractivity contribution in [2.45, 2.75) is 25.4 Å². The van der Waals surface area contributed by atoms with Gasteiger partial charge in [-0.15, -0.1) is 12.4 Å². The second-order valence-electron chi connectivity index (χ2n) is 6.51. The Morgan fingerprint density at radius 2 is 2.17 bits per heavy atom. The molecule has 3 atom stereocenters. The fourth-order valence-corrected chi connectivity index (χ4v) is 4.08. The van der Waals surface area contributed by atoms with E-state index in [9.17, 15) is 0 Å². The molecule has 1 aromatic carbocycles. The monoisotopic (exact) mass is 353 g/mol. The van der Waals surface area contributed by atoms with Crippen molar-refractivity contribution in [3.8, 4) is 11.5 Å². The van der Waals surface area contributed by atoms with Gasteiger partial charge >= 0.3 is 0 Å². The van der Waals surface area contributed by atoms with Crippen LogP contribution in [0.15, 0.2) is 34.9 Å². The van der Waals surface area contributed by atoms with Crippen molar-refractivity contribution >= 4 is 24.0 Å². The molecule has 0 amide bonds. The summed E-state index contributed by atoms with van der Waals surface area (Å²) in [6.45, 7) is 3.06. The Morgan fingerprint density at radius 3 is 2.96 bits per heavy atom. The van der Waals surface area contributed by atoms with Crippen LogP contribution in [0.3, 0.4) is 0 Å². The van der Waals surface area contributed by atoms with Gasteiger partial charge in [0.05, 0.1) is 5.69 Å². The van der Waals surface area contributed by atoms with E-state index in [1.54, 1.807) is 6.26 Å². The molecule has 4 rings (SSSR count). The first-order chi connectivity index (χ1) is 10.7. The van der Waals surface area contributed by atoms with E-state index in [1.165, 1.54) is 12.8 Å². The van der Waals surface area contributed by atoms with Gasteiger partial charge in [-0.2, -0.15) is 0 Å². The van der Waals surface area contributed by atoms with Crippen LogP contribution in [0.25, 0.3) is 11.5 Å². The molecule has 0 spiro atoms. The van der Waals surface area contributed by atoms with Gasteiger partial charge in [0, 0.05) is 36.3 Å². The van der Waals surface area contributed by atoms with Crippen molar-refractivity contribution in [2.24, 2.45) is 17.6 Å². The van der Waals surface area contributed by atoms with E-state index in [4.69, 9.17) is 21.8 Å². The zero-order valence-electron chi connectivity index (χ0n) is 12.8. The zero-order valence-corrected chi connectivity index (χ0v) is 14.4. The van der Waals surface area contributed by atoms with Crippen LogP contribution < -0.4 is 5.73 Å². The molecule has 124 valence electrons. The minimum atomic E-state index is 0. The Labute approximate surface area is 147 Å². The van der Waals surface area contributed by atoms with Crippen molar-refractivity contribution in [1.29, 1.82) is 0 Å². The predicted molar refractivity (Wildman–Crippen MR) is 93.7 cm³/mol. The average molecular weight is 354 g/mol. The van der Waals surface area contributed by atoms with E-state index in [-0.39, 0.29) is 12.4 Å². The topological polar surface area (TPSA) is 55.3 Å². The van der Waals surface area contributed by atoms with Gasteiger partial charge in [-0.3, -0.25) is 4.90 Å². The predicted octanol–water partition coefficient (Wildman–Crippen LogP) is 3.59. The summed E-state index contributed by atoms with van der Waals surface area (Å²) < 4.78 is 5.61. The summed E-state index contributed by atoms with van der Waals surface area (Å²) in [5.74, 6) is 2.07. The van der Waals surface area contributed by atoms with Gasteiger partial charge in [0.15, 0.2) is 0 Å². The smallest absolute Gasteiger partial charge is 0.226 e. The summed E-state index contributed by atoms with van der Waals surface area (Å²) in [6.07, 6.45) is 4.21. The molecule has 1 saturated heterocycles. The van der Waals surface area contributed by atoms with E-state index in [0.717, 1.165) is 36.8 Å². The van der Waals surface area contributed by atoms with E-state index >= 15 is 0 Å². The second-order valence-corrected chi connectivity index (χ2v) is 6.95. The van der Waals surface area contributed by atoms with Gasteiger partial charge in [-0.25, -0.2) is 4.98 Å². The number of halogens is 2. The third-order valence-electron chi connectivity index (χ3n) is 5.00. The molecule has 0 bridgehead atoms. The number of nitrogens with two attached hydrogens (primary N) is 1. The fourth-order valence-electron chi connectivity index (χ4n) is 3.89. The lowest BCUT2D eigenvalue weighted by Gasteiger charge is -2.16. The van der Waals surface area contributed by atoms with Gasteiger partial charge in [0.25, 0.3) is 0 Å². The van der Waals surface area contributed by atoms with Crippen molar-refractivity contribution < 1.29 is 4.42 Å². The van der Waals surface area contributed by atoms with Gasteiger partial charge in [0.1, 0.15) is 6.26 Å². The number of hydrogen-bond acceptors (Lipinski definition) is 4. The number of fused-ring (bicyclic) bond motifs is 1. The summed E-state index contributed by atoms with van der Waals surface area (Å²) >= 11 is 6.02. The van der Waals surface area contributed by atoms with E-state index in [2.05, 4.69) is 9.88 Å². The van der Waals surface area contributed by atoms with Crippen LogP contribution in [-0.4, -0.2) is 29.0 Å². The number of rotatable bonds is 3. The second kappa shape index (κ2) is 6.81. The number of hydrogen-bond donors (Lipinski definition) is 1. The zero-order chi connectivity index (χ0) is 15.1. The number of benzene rings is 1. The highest BCUT2D eigenvalue weighted by atomic mass is 35.5. The minimum absolute atomic E-state index is 0. The maximum absolute atomic E-state index is 6.20. The summed E-state index contributed by atoms with van der Waals surface area (Å²) in [5.41, 5.74) is 8.09.